The van der Waals surface area contributed by atoms with Crippen molar-refractivity contribution in [2.45, 2.75) is 18.1 Å². The van der Waals surface area contributed by atoms with E-state index in [0.29, 0.717) is 22.8 Å². The highest BCUT2D eigenvalue weighted by atomic mass is 35.5. The van der Waals surface area contributed by atoms with E-state index in [2.05, 4.69) is 25.9 Å². The predicted molar refractivity (Wildman–Crippen MR) is 117 cm³/mol. The summed E-state index contributed by atoms with van der Waals surface area (Å²) in [5, 5.41) is 17.3. The lowest BCUT2D eigenvalue weighted by Crippen LogP contribution is -2.34. The molecule has 0 amide bonds. The van der Waals surface area contributed by atoms with Crippen LogP contribution in [-0.2, 0) is 19.1 Å². The Hall–Kier alpha value is -2.56. The van der Waals surface area contributed by atoms with Crippen molar-refractivity contribution >= 4 is 46.9 Å². The maximum Gasteiger partial charge on any atom is 0.336 e. The van der Waals surface area contributed by atoms with E-state index in [1.807, 2.05) is 6.26 Å². The highest BCUT2D eigenvalue weighted by Crippen LogP contribution is 2.47. The van der Waals surface area contributed by atoms with Gasteiger partial charge in [0, 0.05) is 11.4 Å². The Balaban J connectivity index is 2.35. The van der Waals surface area contributed by atoms with Crippen molar-refractivity contribution in [3.8, 4) is 0 Å². The monoisotopic (exact) mass is 483 g/mol. The van der Waals surface area contributed by atoms with E-state index in [0.717, 1.165) is 0 Å². The summed E-state index contributed by atoms with van der Waals surface area (Å²) in [5.41, 5.74) is 1.77. The van der Waals surface area contributed by atoms with Gasteiger partial charge in [0.05, 0.1) is 41.3 Å². The number of halogens is 2. The number of aromatic amines is 1. The third-order valence-corrected chi connectivity index (χ3v) is 6.54. The minimum absolute atomic E-state index is 0.168. The Morgan fingerprint density at radius 1 is 1.16 bits per heavy atom. The maximum absolute atomic E-state index is 13.1. The van der Waals surface area contributed by atoms with Gasteiger partial charge in [0.1, 0.15) is 5.25 Å². The molecule has 0 spiro atoms. The minimum Gasteiger partial charge on any atom is -0.466 e. The van der Waals surface area contributed by atoms with Crippen LogP contribution in [0.4, 0.5) is 0 Å². The van der Waals surface area contributed by atoms with Gasteiger partial charge in [-0.15, -0.1) is 22.0 Å². The van der Waals surface area contributed by atoms with Crippen LogP contribution in [0.3, 0.4) is 0 Å². The first kappa shape index (κ1) is 23.1. The smallest absolute Gasteiger partial charge is 0.336 e. The number of dihydropyridines is 1. The largest absolute Gasteiger partial charge is 0.466 e. The Morgan fingerprint density at radius 2 is 1.84 bits per heavy atom. The lowest BCUT2D eigenvalue weighted by molar-refractivity contribution is -0.137. The van der Waals surface area contributed by atoms with Crippen molar-refractivity contribution in [1.29, 1.82) is 0 Å². The van der Waals surface area contributed by atoms with Gasteiger partial charge in [-0.2, -0.15) is 5.21 Å². The van der Waals surface area contributed by atoms with Crippen molar-refractivity contribution in [3.63, 3.8) is 0 Å². The Morgan fingerprint density at radius 3 is 2.42 bits per heavy atom. The molecule has 0 bridgehead atoms. The number of hydrogen-bond acceptors (Lipinski definition) is 9. The van der Waals surface area contributed by atoms with Crippen molar-refractivity contribution in [2.24, 2.45) is 0 Å². The lowest BCUT2D eigenvalue weighted by Gasteiger charge is -2.33. The first-order valence-electron chi connectivity index (χ1n) is 8.94. The number of hydrogen-bond donors (Lipinski definition) is 2. The van der Waals surface area contributed by atoms with Gasteiger partial charge < -0.3 is 14.8 Å². The van der Waals surface area contributed by atoms with Crippen LogP contribution in [0.1, 0.15) is 29.5 Å². The summed E-state index contributed by atoms with van der Waals surface area (Å²) in [6, 6.07) is 5.01. The zero-order chi connectivity index (χ0) is 22.7. The number of esters is 2. The molecule has 9 nitrogen and oxygen atoms in total. The molecule has 0 aliphatic carbocycles. The van der Waals surface area contributed by atoms with Gasteiger partial charge in [-0.05, 0) is 24.8 Å². The van der Waals surface area contributed by atoms with Crippen molar-refractivity contribution < 1.29 is 19.1 Å². The van der Waals surface area contributed by atoms with E-state index in [-0.39, 0.29) is 21.2 Å². The Bertz CT molecular complexity index is 1070. The first-order valence-corrected chi connectivity index (χ1v) is 11.0. The van der Waals surface area contributed by atoms with Gasteiger partial charge in [-0.25, -0.2) is 9.59 Å². The molecule has 3 rings (SSSR count). The summed E-state index contributed by atoms with van der Waals surface area (Å²) in [5.74, 6) is -1.82. The first-order chi connectivity index (χ1) is 14.8. The molecule has 164 valence electrons. The van der Waals surface area contributed by atoms with Crippen LogP contribution in [0.2, 0.25) is 10.0 Å². The highest BCUT2D eigenvalue weighted by molar-refractivity contribution is 7.99. The number of nitrogens with one attached hydrogen (secondary N) is 2. The van der Waals surface area contributed by atoms with E-state index < -0.39 is 23.1 Å². The van der Waals surface area contributed by atoms with Crippen LogP contribution >= 0.6 is 35.0 Å². The quantitative estimate of drug-likeness (QED) is 0.596. The van der Waals surface area contributed by atoms with Crippen molar-refractivity contribution in [1.82, 2.24) is 25.9 Å². The van der Waals surface area contributed by atoms with Crippen LogP contribution < -0.4 is 5.32 Å². The fourth-order valence-electron chi connectivity index (χ4n) is 3.47. The van der Waals surface area contributed by atoms with Gasteiger partial charge in [-0.3, -0.25) is 0 Å². The Labute approximate surface area is 192 Å². The van der Waals surface area contributed by atoms with Gasteiger partial charge >= 0.3 is 11.9 Å². The molecule has 0 fully saturated rings. The number of nitrogens with zero attached hydrogens (tertiary/aromatic N) is 3. The molecule has 0 radical (unpaired) electrons. The topological polar surface area (TPSA) is 119 Å². The number of H-pyrrole nitrogens is 1. The third kappa shape index (κ3) is 4.28. The SMILES string of the molecule is COC(=O)C1=C(C)NC(C(SC)c2nn[nH]n2)=C(C(=O)OC)C1c1cccc(Cl)c1Cl. The molecule has 0 saturated heterocycles. The number of carbonyl (C=O) groups is 2. The molecule has 2 atom stereocenters. The van der Waals surface area contributed by atoms with Gasteiger partial charge in [-0.1, -0.05) is 40.5 Å². The highest BCUT2D eigenvalue weighted by Gasteiger charge is 2.42. The van der Waals surface area contributed by atoms with E-state index >= 15 is 0 Å². The molecular formula is C19H19Cl2N5O4S. The predicted octanol–water partition coefficient (Wildman–Crippen LogP) is 3.17. The second kappa shape index (κ2) is 9.71. The van der Waals surface area contributed by atoms with Gasteiger partial charge in [0.2, 0.25) is 0 Å². The fourth-order valence-corrected chi connectivity index (χ4v) is 4.62. The summed E-state index contributed by atoms with van der Waals surface area (Å²) >= 11 is 14.1. The van der Waals surface area contributed by atoms with Crippen LogP contribution in [0.15, 0.2) is 40.7 Å². The lowest BCUT2D eigenvalue weighted by atomic mass is 9.79. The molecule has 2 unspecified atom stereocenters. The number of benzene rings is 1. The molecule has 1 aliphatic rings. The molecule has 1 aromatic carbocycles. The second-order valence-corrected chi connectivity index (χ2v) is 8.16. The zero-order valence-corrected chi connectivity index (χ0v) is 19.4. The van der Waals surface area contributed by atoms with Gasteiger partial charge in [0.25, 0.3) is 0 Å². The average Bonchev–Trinajstić information content (AvgIpc) is 3.29. The number of allylic oxidation sites excluding steroid dienone is 1. The molecule has 0 saturated carbocycles. The standard InChI is InChI=1S/C19H19Cl2N5O4S/c1-8-11(18(27)29-2)12(9-6-5-7-10(20)14(9)21)13(19(28)30-3)15(22-8)16(31-4)17-23-25-26-24-17/h5-7,12,16,22H,1-4H3,(H,23,24,25,26). The summed E-state index contributed by atoms with van der Waals surface area (Å²) < 4.78 is 10.1. The maximum atomic E-state index is 13.1. The number of thioether (sulfide) groups is 1. The van der Waals surface area contributed by atoms with Crippen LogP contribution in [0.5, 0.6) is 0 Å². The molecule has 1 aromatic heterocycles. The van der Waals surface area contributed by atoms with Crippen LogP contribution in [0, 0.1) is 0 Å². The second-order valence-electron chi connectivity index (χ2n) is 6.44. The number of ether oxygens (including phenoxy) is 2. The normalized spacial score (nSPS) is 17.3. The number of rotatable bonds is 6. The molecule has 12 heteroatoms. The minimum atomic E-state index is -0.899. The summed E-state index contributed by atoms with van der Waals surface area (Å²) in [6.07, 6.45) is 1.83. The number of carbonyl (C=O) groups excluding carboxylic acids is 2. The number of methoxy groups -OCH3 is 2. The summed E-state index contributed by atoms with van der Waals surface area (Å²) in [4.78, 5) is 25.8. The molecule has 1 aliphatic heterocycles. The fraction of sp³-hybridized carbons (Fsp3) is 0.316. The van der Waals surface area contributed by atoms with Gasteiger partial charge in [0.15, 0.2) is 5.82 Å². The Kier molecular flexibility index (Phi) is 7.24. The average molecular weight is 484 g/mol. The molecule has 2 heterocycles. The molecule has 31 heavy (non-hydrogen) atoms. The third-order valence-electron chi connectivity index (χ3n) is 4.79. The van der Waals surface area contributed by atoms with E-state index in [1.54, 1.807) is 25.1 Å². The van der Waals surface area contributed by atoms with Crippen molar-refractivity contribution in [3.05, 3.63) is 62.2 Å². The van der Waals surface area contributed by atoms with Crippen LogP contribution in [0.25, 0.3) is 0 Å². The van der Waals surface area contributed by atoms with E-state index in [9.17, 15) is 9.59 Å². The number of aromatic nitrogens is 4. The molecule has 2 N–H and O–H groups in total. The molecule has 2 aromatic rings. The number of tetrazole rings is 1. The van der Waals surface area contributed by atoms with Crippen LogP contribution in [-0.4, -0.2) is 53.0 Å². The zero-order valence-electron chi connectivity index (χ0n) is 17.0. The van der Waals surface area contributed by atoms with E-state index in [1.165, 1.54) is 26.0 Å². The van der Waals surface area contributed by atoms with E-state index in [4.69, 9.17) is 32.7 Å². The van der Waals surface area contributed by atoms with Crippen molar-refractivity contribution in [2.75, 3.05) is 20.5 Å². The summed E-state index contributed by atoms with van der Waals surface area (Å²) in [6.45, 7) is 1.71. The molecular weight excluding hydrogens is 465 g/mol. The summed E-state index contributed by atoms with van der Waals surface area (Å²) in [7, 11) is 2.52.